The molecule has 1 atom stereocenters. The largest absolute Gasteiger partial charge is 0.368 e. The molecule has 26 heavy (non-hydrogen) atoms. The van der Waals surface area contributed by atoms with Crippen molar-refractivity contribution in [2.24, 2.45) is 5.73 Å². The van der Waals surface area contributed by atoms with Gasteiger partial charge in [-0.2, -0.15) is 9.61 Å². The number of nitrogens with two attached hydrogens (primary N) is 1. The molecule has 1 aliphatic rings. The van der Waals surface area contributed by atoms with Gasteiger partial charge in [0.25, 0.3) is 0 Å². The van der Waals surface area contributed by atoms with Gasteiger partial charge in [0.2, 0.25) is 5.91 Å². The number of carbonyl (C=O) groups excluding carboxylic acids is 1. The molecule has 3 aromatic rings. The summed E-state index contributed by atoms with van der Waals surface area (Å²) >= 11 is 0. The fraction of sp³-hybridized carbons (Fsp3) is 0.294. The van der Waals surface area contributed by atoms with Crippen LogP contribution >= 0.6 is 0 Å². The number of amides is 1. The molecule has 0 aromatic carbocycles. The van der Waals surface area contributed by atoms with Crippen LogP contribution in [0.25, 0.3) is 5.65 Å². The van der Waals surface area contributed by atoms with E-state index in [-0.39, 0.29) is 11.9 Å². The van der Waals surface area contributed by atoms with Gasteiger partial charge in [0, 0.05) is 37.7 Å². The van der Waals surface area contributed by atoms with E-state index >= 15 is 0 Å². The van der Waals surface area contributed by atoms with E-state index in [1.54, 1.807) is 23.1 Å². The van der Waals surface area contributed by atoms with Crippen LogP contribution in [-0.4, -0.2) is 45.9 Å². The van der Waals surface area contributed by atoms with Crippen molar-refractivity contribution in [2.45, 2.75) is 25.4 Å². The summed E-state index contributed by atoms with van der Waals surface area (Å²) in [7, 11) is 6.02. The first kappa shape index (κ1) is 16.4. The molecule has 1 amide bonds. The Morgan fingerprint density at radius 2 is 2.31 bits per heavy atom. The predicted octanol–water partition coefficient (Wildman–Crippen LogP) is -0.0157. The number of carbonyl (C=O) groups is 1. The maximum atomic E-state index is 11.7. The zero-order valence-electron chi connectivity index (χ0n) is 14.2. The van der Waals surface area contributed by atoms with Gasteiger partial charge in [0.05, 0.1) is 0 Å². The van der Waals surface area contributed by atoms with Gasteiger partial charge in [-0.15, -0.1) is 0 Å². The molecular weight excluding hydrogens is 329 g/mol. The Balaban J connectivity index is 1.71. The van der Waals surface area contributed by atoms with Crippen molar-refractivity contribution >= 4 is 36.5 Å². The lowest BCUT2D eigenvalue weighted by Gasteiger charge is -2.24. The van der Waals surface area contributed by atoms with E-state index in [2.05, 4.69) is 20.4 Å². The van der Waals surface area contributed by atoms with Gasteiger partial charge in [-0.05, 0) is 29.9 Å². The third-order valence-electron chi connectivity index (χ3n) is 4.56. The van der Waals surface area contributed by atoms with Crippen molar-refractivity contribution in [1.29, 1.82) is 0 Å². The Kier molecular flexibility index (Phi) is 4.20. The van der Waals surface area contributed by atoms with Crippen LogP contribution in [0, 0.1) is 0 Å². The van der Waals surface area contributed by atoms with Crippen LogP contribution < -0.4 is 21.4 Å². The van der Waals surface area contributed by atoms with Crippen molar-refractivity contribution in [3.8, 4) is 0 Å². The Morgan fingerprint density at radius 1 is 1.42 bits per heavy atom. The quantitative estimate of drug-likeness (QED) is 0.630. The number of pyridine rings is 1. The lowest BCUT2D eigenvalue weighted by molar-refractivity contribution is -0.119. The molecule has 1 aliphatic heterocycles. The van der Waals surface area contributed by atoms with Crippen molar-refractivity contribution in [1.82, 2.24) is 19.6 Å². The van der Waals surface area contributed by atoms with Gasteiger partial charge in [0.1, 0.15) is 25.5 Å². The van der Waals surface area contributed by atoms with Gasteiger partial charge in [0.15, 0.2) is 5.65 Å². The Hall–Kier alpha value is -3.10. The molecule has 3 N–H and O–H groups in total. The molecule has 0 aliphatic carbocycles. The smallest absolute Gasteiger partial charge is 0.240 e. The molecule has 4 heterocycles. The van der Waals surface area contributed by atoms with E-state index in [0.29, 0.717) is 23.5 Å². The highest BCUT2D eigenvalue weighted by molar-refractivity contribution is 6.36. The highest BCUT2D eigenvalue weighted by atomic mass is 16.1. The summed E-state index contributed by atoms with van der Waals surface area (Å²) in [6.07, 6.45) is 6.73. The molecular formula is C17H18BN7O. The second kappa shape index (κ2) is 6.66. The van der Waals surface area contributed by atoms with Crippen molar-refractivity contribution in [3.05, 3.63) is 42.4 Å². The summed E-state index contributed by atoms with van der Waals surface area (Å²) in [6.45, 7) is 1.30. The molecule has 1 saturated heterocycles. The number of nitrogens with zero attached hydrogens (tertiary/aromatic N) is 5. The van der Waals surface area contributed by atoms with Crippen molar-refractivity contribution in [2.75, 3.05) is 16.8 Å². The molecule has 0 saturated carbocycles. The van der Waals surface area contributed by atoms with E-state index in [9.17, 15) is 4.79 Å². The molecule has 4 rings (SSSR count). The van der Waals surface area contributed by atoms with Gasteiger partial charge < -0.3 is 16.0 Å². The highest BCUT2D eigenvalue weighted by Crippen LogP contribution is 2.26. The fourth-order valence-corrected chi connectivity index (χ4v) is 3.27. The lowest BCUT2D eigenvalue weighted by Crippen LogP contribution is -2.40. The lowest BCUT2D eigenvalue weighted by atomic mass is 10.0. The number of hydrogen-bond donors (Lipinski definition) is 2. The van der Waals surface area contributed by atoms with Crippen LogP contribution in [0.5, 0.6) is 0 Å². The number of nitrogens with one attached hydrogen (secondary N) is 1. The average Bonchev–Trinajstić information content (AvgIpc) is 3.28. The van der Waals surface area contributed by atoms with E-state index in [1.807, 2.05) is 23.1 Å². The maximum Gasteiger partial charge on any atom is 0.240 e. The Bertz CT molecular complexity index is 943. The second-order valence-corrected chi connectivity index (χ2v) is 6.30. The maximum absolute atomic E-state index is 11.7. The summed E-state index contributed by atoms with van der Waals surface area (Å²) in [5.74, 6) is 1.07. The van der Waals surface area contributed by atoms with Crippen LogP contribution in [0.2, 0.25) is 0 Å². The van der Waals surface area contributed by atoms with Crippen LogP contribution in [0.4, 0.5) is 11.6 Å². The van der Waals surface area contributed by atoms with Gasteiger partial charge in [-0.25, -0.2) is 4.98 Å². The van der Waals surface area contributed by atoms with E-state index in [0.717, 1.165) is 30.8 Å². The number of anilines is 2. The first-order valence-electron chi connectivity index (χ1n) is 8.46. The number of aromatic nitrogens is 4. The summed E-state index contributed by atoms with van der Waals surface area (Å²) in [6, 6.07) is 5.40. The Morgan fingerprint density at radius 3 is 3.08 bits per heavy atom. The molecule has 1 fully saturated rings. The molecule has 0 unspecified atom stereocenters. The molecule has 9 heteroatoms. The minimum Gasteiger partial charge on any atom is -0.368 e. The predicted molar refractivity (Wildman–Crippen MR) is 99.5 cm³/mol. The number of primary amides is 1. The fourth-order valence-electron chi connectivity index (χ4n) is 3.27. The zero-order chi connectivity index (χ0) is 18.1. The van der Waals surface area contributed by atoms with Crippen molar-refractivity contribution in [3.63, 3.8) is 0 Å². The summed E-state index contributed by atoms with van der Waals surface area (Å²) in [4.78, 5) is 22.4. The molecule has 3 aromatic heterocycles. The standard InChI is InChI=1S/C17H18BN7O/c18-12-10-22-25-14(21-9-11-3-1-5-20-8-11)7-15(23-17(12)25)24-6-2-4-13(24)16(19)26/h1,3,5,7-8,10,13,21H,2,4,6,9H2,(H2,19,26)/t13-/m0/s1. The third-order valence-corrected chi connectivity index (χ3v) is 4.56. The van der Waals surface area contributed by atoms with Crippen LogP contribution in [-0.2, 0) is 11.3 Å². The van der Waals surface area contributed by atoms with Crippen LogP contribution in [0.1, 0.15) is 18.4 Å². The third kappa shape index (κ3) is 2.96. The number of hydrogen-bond acceptors (Lipinski definition) is 6. The molecule has 130 valence electrons. The SMILES string of the molecule is [B]c1cnn2c(NCc3cccnc3)cc(N3CCC[C@H]3C(N)=O)nc12. The van der Waals surface area contributed by atoms with Crippen LogP contribution in [0.3, 0.4) is 0 Å². The summed E-state index contributed by atoms with van der Waals surface area (Å²) in [5, 5.41) is 7.64. The molecule has 2 radical (unpaired) electrons. The minimum absolute atomic E-state index is 0.337. The molecule has 0 bridgehead atoms. The molecule has 8 nitrogen and oxygen atoms in total. The van der Waals surface area contributed by atoms with Crippen LogP contribution in [0.15, 0.2) is 36.8 Å². The van der Waals surface area contributed by atoms with E-state index < -0.39 is 0 Å². The minimum atomic E-state index is -0.347. The normalized spacial score (nSPS) is 16.9. The first-order valence-corrected chi connectivity index (χ1v) is 8.46. The summed E-state index contributed by atoms with van der Waals surface area (Å²) in [5.41, 5.74) is 7.61. The van der Waals surface area contributed by atoms with E-state index in [1.165, 1.54) is 0 Å². The number of fused-ring (bicyclic) bond motifs is 1. The van der Waals surface area contributed by atoms with Gasteiger partial charge >= 0.3 is 0 Å². The monoisotopic (exact) mass is 347 g/mol. The first-order chi connectivity index (χ1) is 12.6. The second-order valence-electron chi connectivity index (χ2n) is 6.30. The summed E-state index contributed by atoms with van der Waals surface area (Å²) < 4.78 is 1.66. The number of rotatable bonds is 5. The average molecular weight is 347 g/mol. The van der Waals surface area contributed by atoms with Gasteiger partial charge in [-0.3, -0.25) is 9.78 Å². The topological polar surface area (TPSA) is 101 Å². The molecule has 0 spiro atoms. The Labute approximate surface area is 151 Å². The highest BCUT2D eigenvalue weighted by Gasteiger charge is 2.30. The van der Waals surface area contributed by atoms with E-state index in [4.69, 9.17) is 13.6 Å². The zero-order valence-corrected chi connectivity index (χ0v) is 14.2. The van der Waals surface area contributed by atoms with Gasteiger partial charge in [-0.1, -0.05) is 6.07 Å². The van der Waals surface area contributed by atoms with Crippen molar-refractivity contribution < 1.29 is 4.79 Å².